The molecule has 0 radical (unpaired) electrons. The number of amides is 1. The van der Waals surface area contributed by atoms with Gasteiger partial charge in [0.1, 0.15) is 5.75 Å². The Kier molecular flexibility index (Phi) is 7.81. The molecule has 1 aromatic heterocycles. The Hall–Kier alpha value is -2.54. The summed E-state index contributed by atoms with van der Waals surface area (Å²) in [6.45, 7) is 9.78. The Morgan fingerprint density at radius 2 is 1.82 bits per heavy atom. The van der Waals surface area contributed by atoms with Gasteiger partial charge in [-0.15, -0.1) is 0 Å². The van der Waals surface area contributed by atoms with E-state index in [0.717, 1.165) is 29.1 Å². The summed E-state index contributed by atoms with van der Waals surface area (Å²) in [5.74, 6) is 1.95. The van der Waals surface area contributed by atoms with Crippen molar-refractivity contribution >= 4 is 34.9 Å². The maximum Gasteiger partial charge on any atom is 0.242 e. The van der Waals surface area contributed by atoms with Gasteiger partial charge in [-0.1, -0.05) is 49.2 Å². The van der Waals surface area contributed by atoms with Gasteiger partial charge in [0.15, 0.2) is 5.82 Å². The second kappa shape index (κ2) is 10.8. The van der Waals surface area contributed by atoms with E-state index in [1.165, 1.54) is 0 Å². The fourth-order valence-electron chi connectivity index (χ4n) is 4.01. The molecule has 0 atom stereocenters. The van der Waals surface area contributed by atoms with Gasteiger partial charge in [0.05, 0.1) is 19.7 Å². The van der Waals surface area contributed by atoms with Gasteiger partial charge in [-0.2, -0.15) is 5.10 Å². The van der Waals surface area contributed by atoms with E-state index < -0.39 is 0 Å². The largest absolute Gasteiger partial charge is 0.493 e. The van der Waals surface area contributed by atoms with Crippen LogP contribution in [0.15, 0.2) is 48.5 Å². The summed E-state index contributed by atoms with van der Waals surface area (Å²) in [6, 6.07) is 15.4. The summed E-state index contributed by atoms with van der Waals surface area (Å²) in [5.41, 5.74) is 3.04. The maximum absolute atomic E-state index is 13.0. The minimum Gasteiger partial charge on any atom is -0.493 e. The zero-order valence-electron chi connectivity index (χ0n) is 19.8. The van der Waals surface area contributed by atoms with E-state index in [1.807, 2.05) is 60.1 Å². The molecule has 1 aliphatic rings. The number of nitrogens with zero attached hydrogens (tertiary/aromatic N) is 4. The van der Waals surface area contributed by atoms with Crippen LogP contribution in [0, 0.1) is 12.8 Å². The summed E-state index contributed by atoms with van der Waals surface area (Å²) in [6.07, 6.45) is 0. The molecule has 0 aliphatic carbocycles. The van der Waals surface area contributed by atoms with Gasteiger partial charge in [0, 0.05) is 47.0 Å². The van der Waals surface area contributed by atoms with Crippen molar-refractivity contribution < 1.29 is 9.53 Å². The Morgan fingerprint density at radius 1 is 1.03 bits per heavy atom. The molecule has 0 unspecified atom stereocenters. The van der Waals surface area contributed by atoms with Crippen LogP contribution in [0.25, 0.3) is 0 Å². The molecular formula is C26H30Cl2N4O2. The molecule has 0 bridgehead atoms. The number of halogens is 2. The van der Waals surface area contributed by atoms with Crippen LogP contribution >= 0.6 is 23.2 Å². The highest BCUT2D eigenvalue weighted by atomic mass is 35.5. The summed E-state index contributed by atoms with van der Waals surface area (Å²) in [4.78, 5) is 16.9. The predicted octanol–water partition coefficient (Wildman–Crippen LogP) is 5.43. The van der Waals surface area contributed by atoms with Gasteiger partial charge in [0.2, 0.25) is 5.91 Å². The van der Waals surface area contributed by atoms with Crippen LogP contribution in [0.4, 0.5) is 5.82 Å². The lowest BCUT2D eigenvalue weighted by atomic mass is 10.2. The minimum atomic E-state index is 0.0432. The molecule has 2 aromatic carbocycles. The highest BCUT2D eigenvalue weighted by Crippen LogP contribution is 2.26. The summed E-state index contributed by atoms with van der Waals surface area (Å²) >= 11 is 12.4. The zero-order valence-corrected chi connectivity index (χ0v) is 21.3. The van der Waals surface area contributed by atoms with Crippen LogP contribution in [0.3, 0.4) is 0 Å². The van der Waals surface area contributed by atoms with Crippen LogP contribution in [0.5, 0.6) is 5.75 Å². The van der Waals surface area contributed by atoms with Crippen molar-refractivity contribution in [3.8, 4) is 5.75 Å². The standard InChI is InChI=1S/C26H30Cl2N4O2/c1-18(2)17-34-24-8-7-23(28)13-21(24)15-32-19(3)11-25(29-32)31-10-9-30(16-26(31)33)14-20-5-4-6-22(27)12-20/h4-8,11-13,18H,9-10,14-17H2,1-3H3. The molecule has 0 N–H and O–H groups in total. The fraction of sp³-hybridized carbons (Fsp3) is 0.385. The van der Waals surface area contributed by atoms with Crippen LogP contribution in [0.1, 0.15) is 30.7 Å². The quantitative estimate of drug-likeness (QED) is 0.413. The SMILES string of the molecule is Cc1cc(N2CCN(Cc3cccc(Cl)c3)CC2=O)nn1Cc1cc(Cl)ccc1OCC(C)C. The molecule has 4 rings (SSSR count). The second-order valence-corrected chi connectivity index (χ2v) is 10.0. The monoisotopic (exact) mass is 500 g/mol. The van der Waals surface area contributed by atoms with Crippen molar-refractivity contribution in [2.24, 2.45) is 5.92 Å². The highest BCUT2D eigenvalue weighted by Gasteiger charge is 2.27. The smallest absolute Gasteiger partial charge is 0.242 e. The number of piperazine rings is 1. The first-order valence-corrected chi connectivity index (χ1v) is 12.3. The Labute approximate surface area is 211 Å². The van der Waals surface area contributed by atoms with E-state index in [2.05, 4.69) is 18.7 Å². The van der Waals surface area contributed by atoms with Gasteiger partial charge in [-0.05, 0) is 48.7 Å². The predicted molar refractivity (Wildman–Crippen MR) is 137 cm³/mol. The first kappa shape index (κ1) is 24.6. The number of carbonyl (C=O) groups is 1. The van der Waals surface area contributed by atoms with Crippen LogP contribution in [-0.2, 0) is 17.9 Å². The molecule has 6 nitrogen and oxygen atoms in total. The molecule has 1 saturated heterocycles. The Balaban J connectivity index is 1.44. The lowest BCUT2D eigenvalue weighted by molar-refractivity contribution is -0.121. The third kappa shape index (κ3) is 6.12. The molecule has 1 fully saturated rings. The fourth-order valence-corrected chi connectivity index (χ4v) is 4.42. The van der Waals surface area contributed by atoms with Crippen LogP contribution in [-0.4, -0.2) is 46.8 Å². The number of ether oxygens (including phenoxy) is 1. The van der Waals surface area contributed by atoms with E-state index in [1.54, 1.807) is 4.90 Å². The number of aromatic nitrogens is 2. The minimum absolute atomic E-state index is 0.0432. The number of hydrogen-bond acceptors (Lipinski definition) is 4. The first-order valence-electron chi connectivity index (χ1n) is 11.5. The van der Waals surface area contributed by atoms with Gasteiger partial charge in [-0.25, -0.2) is 0 Å². The zero-order chi connectivity index (χ0) is 24.2. The first-order chi connectivity index (χ1) is 16.3. The normalized spacial score (nSPS) is 14.8. The lowest BCUT2D eigenvalue weighted by Gasteiger charge is -2.33. The molecular weight excluding hydrogens is 471 g/mol. The summed E-state index contributed by atoms with van der Waals surface area (Å²) in [5, 5.41) is 6.12. The average Bonchev–Trinajstić information content (AvgIpc) is 3.13. The van der Waals surface area contributed by atoms with E-state index >= 15 is 0 Å². The van der Waals surface area contributed by atoms with E-state index in [9.17, 15) is 4.79 Å². The summed E-state index contributed by atoms with van der Waals surface area (Å²) in [7, 11) is 0. The van der Waals surface area contributed by atoms with Crippen molar-refractivity contribution in [3.63, 3.8) is 0 Å². The Morgan fingerprint density at radius 3 is 2.56 bits per heavy atom. The van der Waals surface area contributed by atoms with Gasteiger partial charge in [0.25, 0.3) is 0 Å². The third-order valence-corrected chi connectivity index (χ3v) is 6.22. The van der Waals surface area contributed by atoms with Crippen molar-refractivity contribution in [1.82, 2.24) is 14.7 Å². The van der Waals surface area contributed by atoms with Crippen molar-refractivity contribution in [3.05, 3.63) is 75.4 Å². The van der Waals surface area contributed by atoms with E-state index in [0.29, 0.717) is 54.6 Å². The third-order valence-electron chi connectivity index (χ3n) is 5.75. The second-order valence-electron chi connectivity index (χ2n) is 9.14. The van der Waals surface area contributed by atoms with Crippen LogP contribution < -0.4 is 9.64 Å². The number of benzene rings is 2. The summed E-state index contributed by atoms with van der Waals surface area (Å²) < 4.78 is 7.89. The lowest BCUT2D eigenvalue weighted by Crippen LogP contribution is -2.50. The molecule has 0 saturated carbocycles. The number of anilines is 1. The molecule has 34 heavy (non-hydrogen) atoms. The molecule has 8 heteroatoms. The molecule has 0 spiro atoms. The number of aryl methyl sites for hydroxylation is 1. The number of rotatable bonds is 8. The topological polar surface area (TPSA) is 50.6 Å². The number of hydrogen-bond donors (Lipinski definition) is 0. The molecule has 3 aromatic rings. The maximum atomic E-state index is 13.0. The van der Waals surface area contributed by atoms with Crippen molar-refractivity contribution in [2.75, 3.05) is 31.1 Å². The van der Waals surface area contributed by atoms with Crippen LogP contribution in [0.2, 0.25) is 10.0 Å². The van der Waals surface area contributed by atoms with Crippen molar-refractivity contribution in [2.45, 2.75) is 33.9 Å². The average molecular weight is 501 g/mol. The molecule has 2 heterocycles. The molecule has 180 valence electrons. The molecule has 1 amide bonds. The van der Waals surface area contributed by atoms with Gasteiger partial charge in [-0.3, -0.25) is 19.3 Å². The van der Waals surface area contributed by atoms with Crippen molar-refractivity contribution in [1.29, 1.82) is 0 Å². The number of carbonyl (C=O) groups excluding carboxylic acids is 1. The Bertz CT molecular complexity index is 1160. The highest BCUT2D eigenvalue weighted by molar-refractivity contribution is 6.30. The van der Waals surface area contributed by atoms with E-state index in [4.69, 9.17) is 33.0 Å². The van der Waals surface area contributed by atoms with Gasteiger partial charge < -0.3 is 4.74 Å². The van der Waals surface area contributed by atoms with E-state index in [-0.39, 0.29) is 5.91 Å². The molecule has 1 aliphatic heterocycles. The van der Waals surface area contributed by atoms with Gasteiger partial charge >= 0.3 is 0 Å².